The van der Waals surface area contributed by atoms with Crippen molar-refractivity contribution in [3.05, 3.63) is 51.6 Å². The number of ketones is 3. The van der Waals surface area contributed by atoms with Gasteiger partial charge in [0.1, 0.15) is 42.2 Å². The van der Waals surface area contributed by atoms with Crippen LogP contribution in [0.4, 0.5) is 0 Å². The zero-order valence-corrected chi connectivity index (χ0v) is 34.8. The number of morpholine rings is 1. The third kappa shape index (κ3) is 6.77. The highest BCUT2D eigenvalue weighted by Gasteiger charge is 2.57. The monoisotopic (exact) mass is 877 g/mol. The van der Waals surface area contributed by atoms with E-state index in [1.165, 1.54) is 32.4 Å². The number of aliphatic hydroxyl groups excluding tert-OH is 1. The quantitative estimate of drug-likeness (QED) is 0.157. The number of ether oxygens (including phenoxy) is 6. The Labute approximate surface area is 359 Å². The maximum Gasteiger partial charge on any atom is 0.234 e. The zero-order chi connectivity index (χ0) is 45.0. The number of amides is 4. The third-order valence-corrected chi connectivity index (χ3v) is 13.6. The first-order chi connectivity index (χ1) is 30.0. The van der Waals surface area contributed by atoms with Gasteiger partial charge in [-0.3, -0.25) is 48.3 Å². The van der Waals surface area contributed by atoms with Crippen LogP contribution in [0.3, 0.4) is 0 Å². The molecule has 0 spiro atoms. The molecule has 9 rings (SSSR count). The minimum atomic E-state index is -2.34. The number of carbonyl (C=O) groups is 7. The van der Waals surface area contributed by atoms with Gasteiger partial charge >= 0.3 is 0 Å². The molecular weight excluding hydrogens is 830 g/mol. The lowest BCUT2D eigenvalue weighted by molar-refractivity contribution is -0.273. The number of carbonyl (C=O) groups excluding carboxylic acids is 7. The highest BCUT2D eigenvalue weighted by molar-refractivity contribution is 6.31. The van der Waals surface area contributed by atoms with E-state index in [0.717, 1.165) is 9.80 Å². The molecule has 0 saturated carbocycles. The lowest BCUT2D eigenvalue weighted by Crippen LogP contribution is -2.58. The van der Waals surface area contributed by atoms with Crippen LogP contribution >= 0.6 is 0 Å². The van der Waals surface area contributed by atoms with E-state index in [-0.39, 0.29) is 60.2 Å². The van der Waals surface area contributed by atoms with Crippen LogP contribution < -0.4 is 4.74 Å². The van der Waals surface area contributed by atoms with Crippen LogP contribution in [-0.4, -0.2) is 159 Å². The molecule has 2 aliphatic carbocycles. The first-order valence-corrected chi connectivity index (χ1v) is 20.8. The van der Waals surface area contributed by atoms with Crippen LogP contribution in [0.1, 0.15) is 95.0 Å². The maximum absolute atomic E-state index is 14.1. The highest BCUT2D eigenvalue weighted by atomic mass is 16.7. The Hall–Kier alpha value is -5.19. The van der Waals surface area contributed by atoms with Gasteiger partial charge in [0.05, 0.1) is 42.1 Å². The molecule has 3 unspecified atom stereocenters. The van der Waals surface area contributed by atoms with Gasteiger partial charge in [0, 0.05) is 80.3 Å². The number of methoxy groups -OCH3 is 2. The molecule has 5 aliphatic heterocycles. The van der Waals surface area contributed by atoms with Crippen molar-refractivity contribution in [2.45, 2.75) is 107 Å². The Morgan fingerprint density at radius 2 is 1.62 bits per heavy atom. The predicted molar refractivity (Wildman–Crippen MR) is 208 cm³/mol. The van der Waals surface area contributed by atoms with Gasteiger partial charge in [0.25, 0.3) is 0 Å². The normalized spacial score (nSPS) is 33.9. The second-order valence-electron chi connectivity index (χ2n) is 17.3. The van der Waals surface area contributed by atoms with Crippen LogP contribution in [0, 0.1) is 11.8 Å². The molecule has 4 N–H and O–H groups in total. The summed E-state index contributed by atoms with van der Waals surface area (Å²) in [5.74, 6) is -7.27. The number of fused-ring (bicyclic) bond motifs is 6. The first-order valence-electron chi connectivity index (χ1n) is 20.8. The van der Waals surface area contributed by atoms with Crippen molar-refractivity contribution >= 4 is 41.0 Å². The summed E-state index contributed by atoms with van der Waals surface area (Å²) >= 11 is 0. The van der Waals surface area contributed by atoms with Gasteiger partial charge in [-0.2, -0.15) is 0 Å². The zero-order valence-electron chi connectivity index (χ0n) is 34.8. The summed E-state index contributed by atoms with van der Waals surface area (Å²) in [4.78, 5) is 96.6. The van der Waals surface area contributed by atoms with Crippen LogP contribution in [0.15, 0.2) is 18.2 Å². The standard InChI is InChI=1S/C43H47N3O17/c1-17-8-27(49)45(39(17)55)16-46-28(50)10-19(40(46)56)9-20-14-44-23-11-29(60-18(2)38(23)63-41(44)42(59-4)61-20)62-25-13-43(57,26(48)15-47)12-22-31(25)37(54)33-32(35(22)52)34(51)21-6-5-7-24(58-3)30(21)36(33)53/h5-7,17-20,23,25,29,38,41-42,47,52,54,57H,8-16H2,1-4H3/t17?,18-,19?,20?,23-,25-,29-,38+,41+,42-,43-/m0/s1. The molecule has 5 fully saturated rings. The maximum atomic E-state index is 14.1. The van der Waals surface area contributed by atoms with Gasteiger partial charge in [-0.1, -0.05) is 19.1 Å². The van der Waals surface area contributed by atoms with Crippen LogP contribution in [0.25, 0.3) is 0 Å². The first kappa shape index (κ1) is 43.1. The summed E-state index contributed by atoms with van der Waals surface area (Å²) in [5, 5.41) is 45.3. The largest absolute Gasteiger partial charge is 0.507 e. The van der Waals surface area contributed by atoms with E-state index in [0.29, 0.717) is 0 Å². The lowest BCUT2D eigenvalue weighted by atomic mass is 9.72. The summed E-state index contributed by atoms with van der Waals surface area (Å²) in [6, 6.07) is 3.89. The van der Waals surface area contributed by atoms with Crippen molar-refractivity contribution in [3.63, 3.8) is 0 Å². The number of aromatic hydroxyl groups is 2. The Kier molecular flexibility index (Phi) is 10.8. The second-order valence-corrected chi connectivity index (χ2v) is 17.3. The molecule has 0 aromatic heterocycles. The Bertz CT molecular complexity index is 2350. The third-order valence-electron chi connectivity index (χ3n) is 13.6. The van der Waals surface area contributed by atoms with Crippen molar-refractivity contribution in [1.29, 1.82) is 0 Å². The number of aliphatic hydroxyl groups is 2. The van der Waals surface area contributed by atoms with E-state index in [1.54, 1.807) is 13.8 Å². The molecule has 20 nitrogen and oxygen atoms in total. The summed E-state index contributed by atoms with van der Waals surface area (Å²) in [6.07, 6.45) is -7.23. The van der Waals surface area contributed by atoms with Crippen molar-refractivity contribution in [2.75, 3.05) is 34.0 Å². The second kappa shape index (κ2) is 15.8. The number of likely N-dealkylation sites (tertiary alicyclic amines) is 2. The molecular formula is C43H47N3O17. The van der Waals surface area contributed by atoms with Gasteiger partial charge in [0.2, 0.25) is 29.4 Å². The smallest absolute Gasteiger partial charge is 0.234 e. The Balaban J connectivity index is 0.979. The molecule has 11 atom stereocenters. The number of benzene rings is 2. The fourth-order valence-corrected chi connectivity index (χ4v) is 10.5. The summed E-state index contributed by atoms with van der Waals surface area (Å²) < 4.78 is 36.6. The van der Waals surface area contributed by atoms with E-state index in [2.05, 4.69) is 0 Å². The molecule has 0 bridgehead atoms. The molecule has 2 aromatic rings. The molecule has 4 amide bonds. The van der Waals surface area contributed by atoms with Gasteiger partial charge in [-0.25, -0.2) is 0 Å². The molecule has 2 aromatic carbocycles. The van der Waals surface area contributed by atoms with Gasteiger partial charge in [0.15, 0.2) is 30.4 Å². The average Bonchev–Trinajstić information content (AvgIpc) is 3.84. The minimum absolute atomic E-state index is 0.00556. The number of nitrogens with zero attached hydrogens (tertiary/aromatic N) is 3. The van der Waals surface area contributed by atoms with Crippen molar-refractivity contribution in [2.24, 2.45) is 11.8 Å². The fraction of sp³-hybridized carbons (Fsp3) is 0.558. The number of hydrogen-bond donors (Lipinski definition) is 4. The molecule has 20 heteroatoms. The molecule has 63 heavy (non-hydrogen) atoms. The van der Waals surface area contributed by atoms with E-state index in [9.17, 15) is 54.0 Å². The number of hydrogen-bond acceptors (Lipinski definition) is 18. The lowest BCUT2D eigenvalue weighted by Gasteiger charge is -2.44. The van der Waals surface area contributed by atoms with Gasteiger partial charge < -0.3 is 48.8 Å². The average molecular weight is 878 g/mol. The van der Waals surface area contributed by atoms with Crippen LogP contribution in [0.5, 0.6) is 17.2 Å². The predicted octanol–water partition coefficient (Wildman–Crippen LogP) is 0.198. The van der Waals surface area contributed by atoms with E-state index >= 15 is 0 Å². The number of rotatable bonds is 10. The number of imide groups is 2. The molecule has 0 radical (unpaired) electrons. The Morgan fingerprint density at radius 3 is 2.30 bits per heavy atom. The van der Waals surface area contributed by atoms with Crippen molar-refractivity contribution in [1.82, 2.24) is 14.7 Å². The summed E-state index contributed by atoms with van der Waals surface area (Å²) in [5.41, 5.74) is -3.95. The van der Waals surface area contributed by atoms with Crippen LogP contribution in [0.2, 0.25) is 0 Å². The van der Waals surface area contributed by atoms with Crippen LogP contribution in [-0.2, 0) is 54.1 Å². The molecule has 336 valence electrons. The number of Topliss-reactive ketones (excluding diaryl/α,β-unsaturated/α-hetero) is 1. The number of phenolic OH excluding ortho intramolecular Hbond substituents is 2. The van der Waals surface area contributed by atoms with E-state index in [4.69, 9.17) is 28.4 Å². The topological polar surface area (TPSA) is 266 Å². The molecule has 5 saturated heterocycles. The van der Waals surface area contributed by atoms with Crippen molar-refractivity contribution < 1.29 is 82.4 Å². The van der Waals surface area contributed by atoms with Gasteiger partial charge in [-0.15, -0.1) is 0 Å². The Morgan fingerprint density at radius 1 is 0.905 bits per heavy atom. The summed E-state index contributed by atoms with van der Waals surface area (Å²) in [7, 11) is 2.75. The van der Waals surface area contributed by atoms with E-state index in [1.807, 2.05) is 4.90 Å². The molecule has 5 heterocycles. The van der Waals surface area contributed by atoms with Crippen molar-refractivity contribution in [3.8, 4) is 17.2 Å². The molecule has 7 aliphatic rings. The highest BCUT2D eigenvalue weighted by Crippen LogP contribution is 2.53. The summed E-state index contributed by atoms with van der Waals surface area (Å²) in [6.45, 7) is 2.05. The SMILES string of the molecule is COc1cccc2c1C(=O)c1c(O)c3c(c(O)c1C2=O)C[C@@](O)(C(=O)CO)C[C@@H]3O[C@H]1C[C@H]2[C@H](O[C@@H]3[C@@H](OC)OC(CC4CC(=O)N(CN5C(=O)CC(C)C5=O)C4=O)CN32)[C@H](C)O1. The minimum Gasteiger partial charge on any atom is -0.507 e. The van der Waals surface area contributed by atoms with E-state index < -0.39 is 156 Å². The van der Waals surface area contributed by atoms with Gasteiger partial charge in [-0.05, 0) is 19.4 Å². The fourth-order valence-electron chi connectivity index (χ4n) is 10.5. The number of phenols is 2.